The maximum absolute atomic E-state index is 13.5. The van der Waals surface area contributed by atoms with Crippen LogP contribution in [0.3, 0.4) is 0 Å². The molecule has 0 aromatic heterocycles. The zero-order valence-electron chi connectivity index (χ0n) is 27.6. The molecule has 1 aromatic rings. The van der Waals surface area contributed by atoms with Gasteiger partial charge in [0.15, 0.2) is 11.5 Å². The molecule has 4 N–H and O–H groups in total. The number of ether oxygens (including phenoxy) is 4. The summed E-state index contributed by atoms with van der Waals surface area (Å²) >= 11 is 0. The zero-order chi connectivity index (χ0) is 31.9. The van der Waals surface area contributed by atoms with E-state index in [1.807, 2.05) is 32.0 Å². The Bertz CT molecular complexity index is 964. The van der Waals surface area contributed by atoms with E-state index in [1.54, 1.807) is 14.2 Å². The molecule has 246 valence electrons. The Kier molecular flexibility index (Phi) is 16.4. The molecule has 0 bridgehead atoms. The molecule has 0 radical (unpaired) electrons. The zero-order valence-corrected chi connectivity index (χ0v) is 27.6. The van der Waals surface area contributed by atoms with Gasteiger partial charge in [0, 0.05) is 32.1 Å². The van der Waals surface area contributed by atoms with E-state index in [0.29, 0.717) is 37.1 Å². The number of hydrogen-bond acceptors (Lipinski definition) is 8. The topological polar surface area (TPSA) is 129 Å². The average Bonchev–Trinajstić information content (AvgIpc) is 3.00. The Labute approximate surface area is 259 Å². The summed E-state index contributed by atoms with van der Waals surface area (Å²) < 4.78 is 21.6. The van der Waals surface area contributed by atoms with Crippen LogP contribution in [0.4, 0.5) is 0 Å². The number of amides is 1. The third-order valence-electron chi connectivity index (χ3n) is 9.00. The van der Waals surface area contributed by atoms with Gasteiger partial charge in [0.2, 0.25) is 5.91 Å². The van der Waals surface area contributed by atoms with Crippen LogP contribution in [-0.2, 0) is 25.5 Å². The number of nitrogens with one attached hydrogen (secondary N) is 1. The van der Waals surface area contributed by atoms with Crippen molar-refractivity contribution in [2.75, 3.05) is 34.5 Å². The molecule has 0 saturated heterocycles. The molecule has 1 aliphatic carbocycles. The molecule has 0 heterocycles. The number of esters is 1. The fraction of sp³-hybridized carbons (Fsp3) is 0.765. The van der Waals surface area contributed by atoms with Gasteiger partial charge in [-0.1, -0.05) is 53.0 Å². The van der Waals surface area contributed by atoms with Crippen molar-refractivity contribution in [3.63, 3.8) is 0 Å². The van der Waals surface area contributed by atoms with Gasteiger partial charge in [-0.15, -0.1) is 0 Å². The van der Waals surface area contributed by atoms with Crippen LogP contribution in [0, 0.1) is 29.6 Å². The molecule has 2 rings (SSSR count). The lowest BCUT2D eigenvalue weighted by atomic mass is 9.80. The fourth-order valence-corrected chi connectivity index (χ4v) is 6.09. The number of aliphatic hydroxyl groups is 1. The van der Waals surface area contributed by atoms with E-state index in [9.17, 15) is 14.7 Å². The van der Waals surface area contributed by atoms with Crippen LogP contribution >= 0.6 is 0 Å². The molecule has 9 nitrogen and oxygen atoms in total. The Balaban J connectivity index is 2.07. The lowest BCUT2D eigenvalue weighted by Gasteiger charge is -2.32. The van der Waals surface area contributed by atoms with Crippen molar-refractivity contribution in [2.45, 2.75) is 104 Å². The normalized spacial score (nSPS) is 17.7. The van der Waals surface area contributed by atoms with E-state index in [0.717, 1.165) is 50.5 Å². The lowest BCUT2D eigenvalue weighted by molar-refractivity contribution is -0.148. The van der Waals surface area contributed by atoms with Gasteiger partial charge in [0.25, 0.3) is 0 Å². The standard InChI is InChI=1S/C34H58N2O7/c1-22(2)26(18-24-14-15-30(41-6)31(19-24)43-17-11-16-40-5)20-28(35)29(37)21-27(23(3)4)33(38)36-32(34(39)42-7)25-12-9-8-10-13-25/h14-15,19,22-23,25-29,32,37H,8-13,16-18,20-21,35H2,1-7H3,(H,36,38)/t26-,27-,28-,29-,32-/m0/s1. The monoisotopic (exact) mass is 606 g/mol. The Morgan fingerprint density at radius 3 is 2.26 bits per heavy atom. The van der Waals surface area contributed by atoms with Crippen LogP contribution < -0.4 is 20.5 Å². The van der Waals surface area contributed by atoms with Crippen molar-refractivity contribution in [1.82, 2.24) is 5.32 Å². The summed E-state index contributed by atoms with van der Waals surface area (Å²) in [5.41, 5.74) is 7.71. The van der Waals surface area contributed by atoms with Crippen molar-refractivity contribution in [3.8, 4) is 11.5 Å². The number of nitrogens with two attached hydrogens (primary N) is 1. The highest BCUT2D eigenvalue weighted by atomic mass is 16.5. The van der Waals surface area contributed by atoms with Gasteiger partial charge < -0.3 is 35.1 Å². The maximum Gasteiger partial charge on any atom is 0.328 e. The summed E-state index contributed by atoms with van der Waals surface area (Å²) in [6, 6.07) is 4.83. The van der Waals surface area contributed by atoms with Gasteiger partial charge in [0.1, 0.15) is 6.04 Å². The summed E-state index contributed by atoms with van der Waals surface area (Å²) in [4.78, 5) is 26.1. The molecule has 1 saturated carbocycles. The van der Waals surface area contributed by atoms with E-state index in [2.05, 4.69) is 19.2 Å². The first-order chi connectivity index (χ1) is 20.5. The summed E-state index contributed by atoms with van der Waals surface area (Å²) in [6.07, 6.45) is 6.56. The molecular formula is C34H58N2O7. The highest BCUT2D eigenvalue weighted by molar-refractivity contribution is 5.86. The Morgan fingerprint density at radius 1 is 0.977 bits per heavy atom. The van der Waals surface area contributed by atoms with E-state index < -0.39 is 30.1 Å². The molecule has 43 heavy (non-hydrogen) atoms. The van der Waals surface area contributed by atoms with Gasteiger partial charge in [-0.05, 0) is 73.5 Å². The number of hydrogen-bond donors (Lipinski definition) is 3. The highest BCUT2D eigenvalue weighted by Gasteiger charge is 2.36. The first-order valence-corrected chi connectivity index (χ1v) is 16.1. The predicted molar refractivity (Wildman–Crippen MR) is 169 cm³/mol. The highest BCUT2D eigenvalue weighted by Crippen LogP contribution is 2.32. The minimum atomic E-state index is -0.860. The molecule has 0 aliphatic heterocycles. The van der Waals surface area contributed by atoms with Crippen molar-refractivity contribution in [3.05, 3.63) is 23.8 Å². The van der Waals surface area contributed by atoms with Crippen molar-refractivity contribution >= 4 is 11.9 Å². The van der Waals surface area contributed by atoms with Crippen molar-refractivity contribution in [2.24, 2.45) is 35.3 Å². The third-order valence-corrected chi connectivity index (χ3v) is 9.00. The van der Waals surface area contributed by atoms with Crippen LogP contribution in [0.1, 0.15) is 84.6 Å². The van der Waals surface area contributed by atoms with Crippen molar-refractivity contribution in [1.29, 1.82) is 0 Å². The van der Waals surface area contributed by atoms with Gasteiger partial charge in [-0.3, -0.25) is 4.79 Å². The fourth-order valence-electron chi connectivity index (χ4n) is 6.09. The second kappa shape index (κ2) is 19.1. The SMILES string of the molecule is COCCCOc1cc(C[C@@H](C[C@H](N)[C@@H](O)C[C@H](C(=O)N[C@H](C(=O)OC)C2CCCCC2)C(C)C)C(C)C)ccc1OC. The van der Waals surface area contributed by atoms with E-state index in [4.69, 9.17) is 24.7 Å². The molecule has 1 amide bonds. The minimum Gasteiger partial charge on any atom is -0.493 e. The maximum atomic E-state index is 13.5. The number of rotatable bonds is 19. The number of methoxy groups -OCH3 is 3. The van der Waals surface area contributed by atoms with Gasteiger partial charge >= 0.3 is 5.97 Å². The first kappa shape index (κ1) is 36.8. The molecule has 1 aliphatic rings. The van der Waals surface area contributed by atoms with Crippen LogP contribution in [-0.4, -0.2) is 69.7 Å². The van der Waals surface area contributed by atoms with Crippen LogP contribution in [0.2, 0.25) is 0 Å². The number of carbonyl (C=O) groups is 2. The molecule has 0 spiro atoms. The molecular weight excluding hydrogens is 548 g/mol. The van der Waals surface area contributed by atoms with Gasteiger partial charge in [0.05, 0.1) is 26.9 Å². The smallest absolute Gasteiger partial charge is 0.328 e. The largest absolute Gasteiger partial charge is 0.493 e. The second-order valence-electron chi connectivity index (χ2n) is 12.8. The van der Waals surface area contributed by atoms with E-state index in [1.165, 1.54) is 7.11 Å². The number of carbonyl (C=O) groups excluding carboxylic acids is 2. The minimum absolute atomic E-state index is 0.0333. The number of aliphatic hydroxyl groups excluding tert-OH is 1. The Hall–Kier alpha value is -2.36. The van der Waals surface area contributed by atoms with E-state index >= 15 is 0 Å². The van der Waals surface area contributed by atoms with Crippen LogP contribution in [0.25, 0.3) is 0 Å². The summed E-state index contributed by atoms with van der Waals surface area (Å²) in [5, 5.41) is 14.2. The third kappa shape index (κ3) is 11.9. The predicted octanol–water partition coefficient (Wildman–Crippen LogP) is 4.90. The molecule has 1 aromatic carbocycles. The van der Waals surface area contributed by atoms with Crippen LogP contribution in [0.5, 0.6) is 11.5 Å². The summed E-state index contributed by atoms with van der Waals surface area (Å²) in [6.45, 7) is 9.42. The quantitative estimate of drug-likeness (QED) is 0.150. The second-order valence-corrected chi connectivity index (χ2v) is 12.8. The van der Waals surface area contributed by atoms with Gasteiger partial charge in [-0.25, -0.2) is 4.79 Å². The van der Waals surface area contributed by atoms with Gasteiger partial charge in [-0.2, -0.15) is 0 Å². The molecule has 5 atom stereocenters. The van der Waals surface area contributed by atoms with Crippen molar-refractivity contribution < 1.29 is 33.6 Å². The average molecular weight is 607 g/mol. The summed E-state index contributed by atoms with van der Waals surface area (Å²) in [7, 11) is 4.66. The molecule has 9 heteroatoms. The van der Waals surface area contributed by atoms with Crippen LogP contribution in [0.15, 0.2) is 18.2 Å². The summed E-state index contributed by atoms with van der Waals surface area (Å²) in [5.74, 6) is 0.861. The first-order valence-electron chi connectivity index (χ1n) is 16.1. The van der Waals surface area contributed by atoms with E-state index in [-0.39, 0.29) is 30.1 Å². The molecule has 0 unspecified atom stereocenters. The lowest BCUT2D eigenvalue weighted by Crippen LogP contribution is -2.50. The number of benzene rings is 1. The molecule has 1 fully saturated rings. The Morgan fingerprint density at radius 2 is 1.67 bits per heavy atom.